The fourth-order valence-electron chi connectivity index (χ4n) is 3.02. The lowest BCUT2D eigenvalue weighted by Gasteiger charge is -2.36. The molecule has 0 bridgehead atoms. The Labute approximate surface area is 123 Å². The van der Waals surface area contributed by atoms with Crippen LogP contribution in [0, 0.1) is 0 Å². The summed E-state index contributed by atoms with van der Waals surface area (Å²) in [5.74, 6) is -0.380. The van der Waals surface area contributed by atoms with Crippen LogP contribution >= 0.6 is 0 Å². The van der Waals surface area contributed by atoms with Crippen LogP contribution in [-0.2, 0) is 16.1 Å². The molecule has 2 atom stereocenters. The topological polar surface area (TPSA) is 62.9 Å². The van der Waals surface area contributed by atoms with Gasteiger partial charge in [-0.1, -0.05) is 18.2 Å². The van der Waals surface area contributed by atoms with E-state index in [-0.39, 0.29) is 5.97 Å². The lowest BCUT2D eigenvalue weighted by molar-refractivity contribution is -0.154. The number of likely N-dealkylation sites (tertiary alicyclic amines) is 1. The molecule has 1 N–H and O–H groups in total. The van der Waals surface area contributed by atoms with Gasteiger partial charge < -0.3 is 14.3 Å². The number of benzene rings is 1. The maximum Gasteiger partial charge on any atom is 0.325 e. The summed E-state index contributed by atoms with van der Waals surface area (Å²) in [7, 11) is 1.36. The minimum absolute atomic E-state index is 0.380. The average Bonchev–Trinajstić information content (AvgIpc) is 2.90. The molecular weight excluding hydrogens is 270 g/mol. The Balaban J connectivity index is 1.86. The smallest absolute Gasteiger partial charge is 0.325 e. The van der Waals surface area contributed by atoms with Crippen molar-refractivity contribution in [1.82, 2.24) is 4.90 Å². The van der Waals surface area contributed by atoms with Gasteiger partial charge in [0, 0.05) is 17.5 Å². The molecule has 21 heavy (non-hydrogen) atoms. The second-order valence-corrected chi connectivity index (χ2v) is 5.41. The quantitative estimate of drug-likeness (QED) is 0.875. The highest BCUT2D eigenvalue weighted by Crippen LogP contribution is 2.26. The molecule has 5 heteroatoms. The number of nitrogens with zero attached hydrogens (tertiary/aromatic N) is 1. The lowest BCUT2D eigenvalue weighted by Crippen LogP contribution is -2.52. The summed E-state index contributed by atoms with van der Waals surface area (Å²) in [4.78, 5) is 13.9. The summed E-state index contributed by atoms with van der Waals surface area (Å²) in [6.45, 7) is 1.32. The SMILES string of the molecule is COC(=O)[C@@H]1[C@H](O)CCCN1Cc1coc2ccccc12. The number of rotatable bonds is 3. The molecule has 1 aliphatic rings. The number of ether oxygens (including phenoxy) is 1. The Morgan fingerprint density at radius 2 is 2.29 bits per heavy atom. The molecule has 5 nitrogen and oxygen atoms in total. The zero-order valence-electron chi connectivity index (χ0n) is 12.0. The van der Waals surface area contributed by atoms with E-state index in [1.165, 1.54) is 7.11 Å². The number of esters is 1. The van der Waals surface area contributed by atoms with Crippen molar-refractivity contribution in [1.29, 1.82) is 0 Å². The van der Waals surface area contributed by atoms with Gasteiger partial charge in [-0.2, -0.15) is 0 Å². The van der Waals surface area contributed by atoms with Gasteiger partial charge in [-0.3, -0.25) is 9.69 Å². The van der Waals surface area contributed by atoms with Gasteiger partial charge in [0.2, 0.25) is 0 Å². The molecule has 0 spiro atoms. The lowest BCUT2D eigenvalue weighted by atomic mass is 9.98. The Morgan fingerprint density at radius 3 is 3.10 bits per heavy atom. The number of aliphatic hydroxyl groups excluding tert-OH is 1. The fraction of sp³-hybridized carbons (Fsp3) is 0.438. The van der Waals surface area contributed by atoms with Crippen molar-refractivity contribution in [2.45, 2.75) is 31.5 Å². The predicted octanol–water partition coefficient (Wildman–Crippen LogP) is 1.93. The Kier molecular flexibility index (Phi) is 3.94. The zero-order valence-corrected chi connectivity index (χ0v) is 12.0. The van der Waals surface area contributed by atoms with Crippen LogP contribution in [-0.4, -0.2) is 41.8 Å². The molecule has 3 rings (SSSR count). The Hall–Kier alpha value is -1.85. The number of aliphatic hydroxyl groups is 1. The number of para-hydroxylation sites is 1. The summed E-state index contributed by atoms with van der Waals surface area (Å²) in [5.41, 5.74) is 1.85. The first kappa shape index (κ1) is 14.1. The van der Waals surface area contributed by atoms with E-state index >= 15 is 0 Å². The molecule has 2 aromatic rings. The molecule has 0 amide bonds. The van der Waals surface area contributed by atoms with E-state index < -0.39 is 12.1 Å². The number of piperidine rings is 1. The summed E-state index contributed by atoms with van der Waals surface area (Å²) in [6.07, 6.45) is 2.54. The average molecular weight is 289 g/mol. The summed E-state index contributed by atoms with van der Waals surface area (Å²) in [5, 5.41) is 11.2. The monoisotopic (exact) mass is 289 g/mol. The van der Waals surface area contributed by atoms with Crippen LogP contribution in [0.3, 0.4) is 0 Å². The van der Waals surface area contributed by atoms with Gasteiger partial charge in [0.15, 0.2) is 0 Å². The Bertz CT molecular complexity index is 636. The third-order valence-electron chi connectivity index (χ3n) is 4.08. The molecule has 112 valence electrons. The van der Waals surface area contributed by atoms with Crippen LogP contribution in [0.25, 0.3) is 11.0 Å². The number of carbonyl (C=O) groups is 1. The van der Waals surface area contributed by atoms with Crippen LogP contribution in [0.1, 0.15) is 18.4 Å². The molecule has 0 unspecified atom stereocenters. The molecule has 2 heterocycles. The van der Waals surface area contributed by atoms with Gasteiger partial charge in [0.05, 0.1) is 19.5 Å². The molecule has 0 radical (unpaired) electrons. The maximum atomic E-state index is 11.9. The van der Waals surface area contributed by atoms with Crippen molar-refractivity contribution in [3.63, 3.8) is 0 Å². The fourth-order valence-corrected chi connectivity index (χ4v) is 3.02. The predicted molar refractivity (Wildman–Crippen MR) is 77.7 cm³/mol. The van der Waals surface area contributed by atoms with E-state index in [4.69, 9.17) is 9.15 Å². The second kappa shape index (κ2) is 5.87. The highest BCUT2D eigenvalue weighted by molar-refractivity contribution is 5.81. The van der Waals surface area contributed by atoms with E-state index in [2.05, 4.69) is 0 Å². The largest absolute Gasteiger partial charge is 0.468 e. The summed E-state index contributed by atoms with van der Waals surface area (Å²) >= 11 is 0. The van der Waals surface area contributed by atoms with Crippen LogP contribution in [0.4, 0.5) is 0 Å². The third-order valence-corrected chi connectivity index (χ3v) is 4.08. The van der Waals surface area contributed by atoms with Crippen molar-refractivity contribution >= 4 is 16.9 Å². The molecule has 1 saturated heterocycles. The van der Waals surface area contributed by atoms with Gasteiger partial charge in [-0.15, -0.1) is 0 Å². The number of hydrogen-bond acceptors (Lipinski definition) is 5. The third kappa shape index (κ3) is 2.66. The van der Waals surface area contributed by atoms with Crippen molar-refractivity contribution in [2.24, 2.45) is 0 Å². The molecule has 1 fully saturated rings. The van der Waals surface area contributed by atoms with Crippen molar-refractivity contribution in [3.8, 4) is 0 Å². The van der Waals surface area contributed by atoms with Crippen molar-refractivity contribution < 1.29 is 19.1 Å². The van der Waals surface area contributed by atoms with Crippen molar-refractivity contribution in [3.05, 3.63) is 36.1 Å². The minimum Gasteiger partial charge on any atom is -0.468 e. The van der Waals surface area contributed by atoms with E-state index in [0.717, 1.165) is 29.5 Å². The first-order valence-corrected chi connectivity index (χ1v) is 7.16. The second-order valence-electron chi connectivity index (χ2n) is 5.41. The van der Waals surface area contributed by atoms with E-state index in [9.17, 15) is 9.90 Å². The normalized spacial score (nSPS) is 23.3. The molecule has 1 aliphatic heterocycles. The first-order chi connectivity index (χ1) is 10.2. The molecule has 0 aliphatic carbocycles. The number of methoxy groups -OCH3 is 1. The minimum atomic E-state index is -0.677. The highest BCUT2D eigenvalue weighted by Gasteiger charge is 2.36. The standard InChI is InChI=1S/C16H19NO4/c1-20-16(19)15-13(18)6-4-8-17(15)9-11-10-21-14-7-3-2-5-12(11)14/h2-3,5,7,10,13,15,18H,4,6,8-9H2,1H3/t13-,15+/m1/s1. The van der Waals surface area contributed by atoms with E-state index in [1.54, 1.807) is 6.26 Å². The Morgan fingerprint density at radius 1 is 1.48 bits per heavy atom. The molecular formula is C16H19NO4. The summed E-state index contributed by atoms with van der Waals surface area (Å²) in [6, 6.07) is 7.21. The molecule has 0 saturated carbocycles. The number of carbonyl (C=O) groups excluding carboxylic acids is 1. The number of fused-ring (bicyclic) bond motifs is 1. The van der Waals surface area contributed by atoms with Gasteiger partial charge in [-0.05, 0) is 25.5 Å². The number of hydrogen-bond donors (Lipinski definition) is 1. The van der Waals surface area contributed by atoms with E-state index in [1.807, 2.05) is 29.2 Å². The summed E-state index contributed by atoms with van der Waals surface area (Å²) < 4.78 is 10.4. The van der Waals surface area contributed by atoms with E-state index in [0.29, 0.717) is 13.0 Å². The van der Waals surface area contributed by atoms with Crippen LogP contribution < -0.4 is 0 Å². The van der Waals surface area contributed by atoms with Crippen LogP contribution in [0.5, 0.6) is 0 Å². The van der Waals surface area contributed by atoms with Crippen molar-refractivity contribution in [2.75, 3.05) is 13.7 Å². The first-order valence-electron chi connectivity index (χ1n) is 7.16. The van der Waals surface area contributed by atoms with Gasteiger partial charge >= 0.3 is 5.97 Å². The molecule has 1 aromatic carbocycles. The van der Waals surface area contributed by atoms with Gasteiger partial charge in [-0.25, -0.2) is 0 Å². The van der Waals surface area contributed by atoms with Crippen LogP contribution in [0.2, 0.25) is 0 Å². The highest BCUT2D eigenvalue weighted by atomic mass is 16.5. The zero-order chi connectivity index (χ0) is 14.8. The van der Waals surface area contributed by atoms with Crippen LogP contribution in [0.15, 0.2) is 34.9 Å². The molecule has 1 aromatic heterocycles. The maximum absolute atomic E-state index is 11.9. The number of furan rings is 1. The van der Waals surface area contributed by atoms with Gasteiger partial charge in [0.25, 0.3) is 0 Å². The van der Waals surface area contributed by atoms with Gasteiger partial charge in [0.1, 0.15) is 11.6 Å².